The lowest BCUT2D eigenvalue weighted by atomic mass is 10.2. The van der Waals surface area contributed by atoms with Gasteiger partial charge in [0.1, 0.15) is 0 Å². The lowest BCUT2D eigenvalue weighted by molar-refractivity contribution is 0.121. The van der Waals surface area contributed by atoms with Crippen molar-refractivity contribution in [2.45, 2.75) is 40.3 Å². The number of rotatable bonds is 9. The van der Waals surface area contributed by atoms with Crippen molar-refractivity contribution in [2.24, 2.45) is 5.92 Å². The molecule has 0 spiro atoms. The van der Waals surface area contributed by atoms with Crippen molar-refractivity contribution in [1.29, 1.82) is 0 Å². The van der Waals surface area contributed by atoms with E-state index in [0.717, 1.165) is 36.5 Å². The van der Waals surface area contributed by atoms with Gasteiger partial charge in [0, 0.05) is 6.54 Å². The fourth-order valence-electron chi connectivity index (χ4n) is 1.62. The molecule has 1 rings (SSSR count). The molecule has 0 fully saturated rings. The van der Waals surface area contributed by atoms with Gasteiger partial charge in [-0.3, -0.25) is 4.98 Å². The smallest absolute Gasteiger partial charge is 0.0888 e. The summed E-state index contributed by atoms with van der Waals surface area (Å²) in [5.74, 6) is 0.661. The molecule has 106 valence electrons. The monoisotopic (exact) mass is 262 g/mol. The van der Waals surface area contributed by atoms with Crippen molar-refractivity contribution < 1.29 is 4.74 Å². The number of hydrogen-bond acceptors (Lipinski definition) is 3. The highest BCUT2D eigenvalue weighted by Gasteiger charge is 1.99. The Balaban J connectivity index is 2.32. The first-order valence-electron chi connectivity index (χ1n) is 6.95. The molecular formula is C16H26N2O. The van der Waals surface area contributed by atoms with Crippen LogP contribution in [0.5, 0.6) is 0 Å². The van der Waals surface area contributed by atoms with Gasteiger partial charge in [-0.25, -0.2) is 0 Å². The van der Waals surface area contributed by atoms with Crippen LogP contribution in [0, 0.1) is 5.92 Å². The SMILES string of the molecule is C=C(C)CCOCc1cccc(CNCC(C)C)n1. The summed E-state index contributed by atoms with van der Waals surface area (Å²) in [6.45, 7) is 13.4. The molecule has 0 aliphatic heterocycles. The highest BCUT2D eigenvalue weighted by Crippen LogP contribution is 2.03. The fourth-order valence-corrected chi connectivity index (χ4v) is 1.62. The van der Waals surface area contributed by atoms with Gasteiger partial charge in [0.2, 0.25) is 0 Å². The summed E-state index contributed by atoms with van der Waals surface area (Å²) >= 11 is 0. The van der Waals surface area contributed by atoms with Crippen molar-refractivity contribution in [3.8, 4) is 0 Å². The number of nitrogens with one attached hydrogen (secondary N) is 1. The van der Waals surface area contributed by atoms with E-state index >= 15 is 0 Å². The van der Waals surface area contributed by atoms with Crippen molar-refractivity contribution in [2.75, 3.05) is 13.2 Å². The molecule has 0 bridgehead atoms. The summed E-state index contributed by atoms with van der Waals surface area (Å²) in [5, 5.41) is 3.40. The lowest BCUT2D eigenvalue weighted by Crippen LogP contribution is -2.19. The van der Waals surface area contributed by atoms with Crippen LogP contribution in [0.1, 0.15) is 38.6 Å². The molecule has 1 aromatic heterocycles. The Labute approximate surface area is 117 Å². The number of ether oxygens (including phenoxy) is 1. The minimum Gasteiger partial charge on any atom is -0.375 e. The minimum atomic E-state index is 0.575. The number of aromatic nitrogens is 1. The molecule has 0 saturated heterocycles. The first-order valence-corrected chi connectivity index (χ1v) is 6.95. The Morgan fingerprint density at radius 2 is 2.11 bits per heavy atom. The van der Waals surface area contributed by atoms with E-state index in [9.17, 15) is 0 Å². The molecule has 0 amide bonds. The molecule has 19 heavy (non-hydrogen) atoms. The Kier molecular flexibility index (Phi) is 7.38. The maximum Gasteiger partial charge on any atom is 0.0888 e. The van der Waals surface area contributed by atoms with E-state index < -0.39 is 0 Å². The summed E-state index contributed by atoms with van der Waals surface area (Å²) in [5.41, 5.74) is 3.21. The average molecular weight is 262 g/mol. The van der Waals surface area contributed by atoms with Gasteiger partial charge in [0.25, 0.3) is 0 Å². The van der Waals surface area contributed by atoms with Crippen LogP contribution in [0.2, 0.25) is 0 Å². The standard InChI is InChI=1S/C16H26N2O/c1-13(2)8-9-19-12-16-7-5-6-15(18-16)11-17-10-14(3)4/h5-7,14,17H,1,8-12H2,2-4H3. The molecule has 0 aliphatic carbocycles. The maximum atomic E-state index is 5.58. The van der Waals surface area contributed by atoms with E-state index in [2.05, 4.69) is 30.7 Å². The third-order valence-corrected chi connectivity index (χ3v) is 2.65. The highest BCUT2D eigenvalue weighted by atomic mass is 16.5. The molecule has 0 saturated carbocycles. The highest BCUT2D eigenvalue weighted by molar-refractivity contribution is 5.10. The second kappa shape index (κ2) is 8.83. The zero-order valence-electron chi connectivity index (χ0n) is 12.4. The van der Waals surface area contributed by atoms with E-state index in [1.807, 2.05) is 25.1 Å². The topological polar surface area (TPSA) is 34.1 Å². The normalized spacial score (nSPS) is 10.9. The molecule has 0 aromatic carbocycles. The van der Waals surface area contributed by atoms with Crippen molar-refractivity contribution in [3.05, 3.63) is 41.7 Å². The molecule has 1 aromatic rings. The first-order chi connectivity index (χ1) is 9.08. The van der Waals surface area contributed by atoms with Gasteiger partial charge >= 0.3 is 0 Å². The number of hydrogen-bond donors (Lipinski definition) is 1. The molecule has 1 N–H and O–H groups in total. The molecule has 3 heteroatoms. The fraction of sp³-hybridized carbons (Fsp3) is 0.562. The van der Waals surface area contributed by atoms with Crippen LogP contribution in [0.4, 0.5) is 0 Å². The van der Waals surface area contributed by atoms with Gasteiger partial charge in [0.05, 0.1) is 24.6 Å². The summed E-state index contributed by atoms with van der Waals surface area (Å²) in [6.07, 6.45) is 0.912. The van der Waals surface area contributed by atoms with Crippen LogP contribution >= 0.6 is 0 Å². The average Bonchev–Trinajstić information content (AvgIpc) is 2.34. The van der Waals surface area contributed by atoms with Crippen LogP contribution in [-0.2, 0) is 17.9 Å². The Morgan fingerprint density at radius 3 is 2.79 bits per heavy atom. The van der Waals surface area contributed by atoms with Gasteiger partial charge in [-0.1, -0.05) is 25.5 Å². The molecule has 3 nitrogen and oxygen atoms in total. The van der Waals surface area contributed by atoms with E-state index in [-0.39, 0.29) is 0 Å². The predicted octanol–water partition coefficient (Wildman–Crippen LogP) is 3.31. The molecule has 0 aliphatic rings. The molecule has 0 radical (unpaired) electrons. The summed E-state index contributed by atoms with van der Waals surface area (Å²) < 4.78 is 5.58. The van der Waals surface area contributed by atoms with E-state index in [1.54, 1.807) is 0 Å². The van der Waals surface area contributed by atoms with Crippen LogP contribution < -0.4 is 5.32 Å². The van der Waals surface area contributed by atoms with Gasteiger partial charge < -0.3 is 10.1 Å². The van der Waals surface area contributed by atoms with E-state index in [4.69, 9.17) is 4.74 Å². The largest absolute Gasteiger partial charge is 0.375 e. The van der Waals surface area contributed by atoms with Gasteiger partial charge in [0.15, 0.2) is 0 Å². The molecule has 1 heterocycles. The molecular weight excluding hydrogens is 236 g/mol. The first kappa shape index (κ1) is 15.9. The van der Waals surface area contributed by atoms with Crippen LogP contribution in [-0.4, -0.2) is 18.1 Å². The van der Waals surface area contributed by atoms with E-state index in [1.165, 1.54) is 0 Å². The van der Waals surface area contributed by atoms with Crippen molar-refractivity contribution in [3.63, 3.8) is 0 Å². The van der Waals surface area contributed by atoms with Crippen LogP contribution in [0.3, 0.4) is 0 Å². The third-order valence-electron chi connectivity index (χ3n) is 2.65. The summed E-state index contributed by atoms with van der Waals surface area (Å²) in [4.78, 5) is 4.58. The summed E-state index contributed by atoms with van der Waals surface area (Å²) in [7, 11) is 0. The Bertz CT molecular complexity index is 388. The lowest BCUT2D eigenvalue weighted by Gasteiger charge is -2.08. The number of nitrogens with zero attached hydrogens (tertiary/aromatic N) is 1. The second-order valence-electron chi connectivity index (χ2n) is 5.40. The summed E-state index contributed by atoms with van der Waals surface area (Å²) in [6, 6.07) is 6.09. The Hall–Kier alpha value is -1.19. The Morgan fingerprint density at radius 1 is 1.37 bits per heavy atom. The zero-order valence-corrected chi connectivity index (χ0v) is 12.4. The van der Waals surface area contributed by atoms with Crippen molar-refractivity contribution in [1.82, 2.24) is 10.3 Å². The third kappa shape index (κ3) is 7.75. The van der Waals surface area contributed by atoms with Crippen molar-refractivity contribution >= 4 is 0 Å². The predicted molar refractivity (Wildman–Crippen MR) is 79.9 cm³/mol. The molecule has 0 atom stereocenters. The van der Waals surface area contributed by atoms with Gasteiger partial charge in [-0.15, -0.1) is 6.58 Å². The van der Waals surface area contributed by atoms with Gasteiger partial charge in [-0.2, -0.15) is 0 Å². The molecule has 0 unspecified atom stereocenters. The maximum absolute atomic E-state index is 5.58. The quantitative estimate of drug-likeness (QED) is 0.547. The second-order valence-corrected chi connectivity index (χ2v) is 5.40. The van der Waals surface area contributed by atoms with E-state index in [0.29, 0.717) is 19.1 Å². The zero-order chi connectivity index (χ0) is 14.1. The van der Waals surface area contributed by atoms with Crippen LogP contribution in [0.25, 0.3) is 0 Å². The minimum absolute atomic E-state index is 0.575. The van der Waals surface area contributed by atoms with Crippen LogP contribution in [0.15, 0.2) is 30.4 Å². The van der Waals surface area contributed by atoms with Gasteiger partial charge in [-0.05, 0) is 37.9 Å². The number of pyridine rings is 1.